The zero-order chi connectivity index (χ0) is 14.1. The molecule has 2 N–H and O–H groups in total. The highest BCUT2D eigenvalue weighted by atomic mass is 16.4. The third-order valence-corrected chi connectivity index (χ3v) is 3.88. The minimum absolute atomic E-state index is 0.0894. The van der Waals surface area contributed by atoms with Gasteiger partial charge in [0, 0.05) is 30.2 Å². The number of carboxylic acid groups (broad SMARTS) is 1. The summed E-state index contributed by atoms with van der Waals surface area (Å²) in [7, 11) is 0. The van der Waals surface area contributed by atoms with Gasteiger partial charge in [-0.2, -0.15) is 0 Å². The van der Waals surface area contributed by atoms with Crippen molar-refractivity contribution >= 4 is 22.8 Å². The van der Waals surface area contributed by atoms with E-state index in [0.717, 1.165) is 17.3 Å². The van der Waals surface area contributed by atoms with Gasteiger partial charge >= 0.3 is 5.97 Å². The van der Waals surface area contributed by atoms with Crippen molar-refractivity contribution in [3.8, 4) is 0 Å². The second-order valence-corrected chi connectivity index (χ2v) is 5.18. The smallest absolute Gasteiger partial charge is 0.308 e. The Hall–Kier alpha value is -2.30. The van der Waals surface area contributed by atoms with Gasteiger partial charge in [0.1, 0.15) is 0 Å². The van der Waals surface area contributed by atoms with Crippen molar-refractivity contribution in [1.82, 2.24) is 9.88 Å². The molecule has 0 aliphatic carbocycles. The minimum atomic E-state index is -0.818. The number of H-pyrrole nitrogens is 1. The quantitative estimate of drug-likeness (QED) is 0.879. The van der Waals surface area contributed by atoms with Crippen LogP contribution >= 0.6 is 0 Å². The van der Waals surface area contributed by atoms with Crippen LogP contribution in [0.4, 0.5) is 0 Å². The van der Waals surface area contributed by atoms with Crippen LogP contribution in [0.1, 0.15) is 23.2 Å². The van der Waals surface area contributed by atoms with E-state index in [9.17, 15) is 9.59 Å². The monoisotopic (exact) mass is 272 g/mol. The molecule has 0 unspecified atom stereocenters. The number of benzene rings is 1. The number of aromatic amines is 1. The van der Waals surface area contributed by atoms with Gasteiger partial charge in [-0.1, -0.05) is 18.2 Å². The number of hydrogen-bond donors (Lipinski definition) is 2. The van der Waals surface area contributed by atoms with E-state index in [-0.39, 0.29) is 5.91 Å². The number of piperidine rings is 1. The van der Waals surface area contributed by atoms with Gasteiger partial charge in [-0.05, 0) is 18.9 Å². The van der Waals surface area contributed by atoms with Crippen molar-refractivity contribution in [2.45, 2.75) is 12.8 Å². The Labute approximate surface area is 116 Å². The largest absolute Gasteiger partial charge is 0.481 e. The number of nitrogens with zero attached hydrogens (tertiary/aromatic N) is 1. The minimum Gasteiger partial charge on any atom is -0.481 e. The summed E-state index contributed by atoms with van der Waals surface area (Å²) in [6.45, 7) is 0.926. The molecule has 2 aromatic rings. The number of para-hydroxylation sites is 1. The van der Waals surface area contributed by atoms with Crippen LogP contribution < -0.4 is 0 Å². The lowest BCUT2D eigenvalue weighted by Crippen LogP contribution is -2.42. The first-order valence-electron chi connectivity index (χ1n) is 6.75. The van der Waals surface area contributed by atoms with Crippen LogP contribution in [0.25, 0.3) is 10.9 Å². The first-order chi connectivity index (χ1) is 9.66. The normalized spacial score (nSPS) is 19.2. The SMILES string of the molecule is O=C(O)[C@@H]1CCCN(C(=O)c2c[nH]c3ccccc23)C1. The Kier molecular flexibility index (Phi) is 3.18. The van der Waals surface area contributed by atoms with Gasteiger partial charge in [0.2, 0.25) is 0 Å². The number of amides is 1. The van der Waals surface area contributed by atoms with E-state index in [2.05, 4.69) is 4.98 Å². The van der Waals surface area contributed by atoms with Crippen molar-refractivity contribution in [2.24, 2.45) is 5.92 Å². The molecule has 2 heterocycles. The number of aromatic nitrogens is 1. The van der Waals surface area contributed by atoms with E-state index >= 15 is 0 Å². The van der Waals surface area contributed by atoms with Gasteiger partial charge < -0.3 is 15.0 Å². The maximum Gasteiger partial charge on any atom is 0.308 e. The topological polar surface area (TPSA) is 73.4 Å². The summed E-state index contributed by atoms with van der Waals surface area (Å²) in [4.78, 5) is 28.4. The Bertz CT molecular complexity index is 662. The number of rotatable bonds is 2. The molecule has 1 aromatic carbocycles. The van der Waals surface area contributed by atoms with Crippen LogP contribution in [0, 0.1) is 5.92 Å². The highest BCUT2D eigenvalue weighted by Crippen LogP contribution is 2.23. The second kappa shape index (κ2) is 5.00. The molecule has 1 aromatic heterocycles. The molecule has 0 saturated carbocycles. The summed E-state index contributed by atoms with van der Waals surface area (Å²) in [6, 6.07) is 7.62. The fraction of sp³-hybridized carbons (Fsp3) is 0.333. The van der Waals surface area contributed by atoms with E-state index in [1.165, 1.54) is 0 Å². The Morgan fingerprint density at radius 3 is 2.90 bits per heavy atom. The third kappa shape index (κ3) is 2.15. The number of hydrogen-bond acceptors (Lipinski definition) is 2. The van der Waals surface area contributed by atoms with Gasteiger partial charge in [0.05, 0.1) is 11.5 Å². The predicted octanol–water partition coefficient (Wildman–Crippen LogP) is 2.10. The summed E-state index contributed by atoms with van der Waals surface area (Å²) >= 11 is 0. The summed E-state index contributed by atoms with van der Waals surface area (Å²) in [6.07, 6.45) is 3.09. The molecule has 3 rings (SSSR count). The van der Waals surface area contributed by atoms with Crippen molar-refractivity contribution in [3.05, 3.63) is 36.0 Å². The van der Waals surface area contributed by atoms with Crippen LogP contribution in [0.15, 0.2) is 30.5 Å². The molecular formula is C15H16N2O3. The summed E-state index contributed by atoms with van der Waals surface area (Å²) in [5, 5.41) is 9.98. The molecule has 1 atom stereocenters. The average molecular weight is 272 g/mol. The molecule has 1 amide bonds. The lowest BCUT2D eigenvalue weighted by molar-refractivity contribution is -0.143. The molecule has 0 radical (unpaired) electrons. The van der Waals surface area contributed by atoms with Crippen molar-refractivity contribution < 1.29 is 14.7 Å². The lowest BCUT2D eigenvalue weighted by atomic mass is 9.97. The summed E-state index contributed by atoms with van der Waals surface area (Å²) in [5.74, 6) is -1.35. The van der Waals surface area contributed by atoms with E-state index in [0.29, 0.717) is 25.1 Å². The fourth-order valence-corrected chi connectivity index (χ4v) is 2.78. The molecule has 104 valence electrons. The van der Waals surface area contributed by atoms with Gasteiger partial charge in [-0.25, -0.2) is 0 Å². The summed E-state index contributed by atoms with van der Waals surface area (Å²) < 4.78 is 0. The van der Waals surface area contributed by atoms with Crippen LogP contribution in [0.5, 0.6) is 0 Å². The van der Waals surface area contributed by atoms with E-state index < -0.39 is 11.9 Å². The Morgan fingerprint density at radius 1 is 1.30 bits per heavy atom. The Morgan fingerprint density at radius 2 is 2.10 bits per heavy atom. The number of carboxylic acids is 1. The molecule has 0 spiro atoms. The molecule has 1 saturated heterocycles. The zero-order valence-corrected chi connectivity index (χ0v) is 11.0. The van der Waals surface area contributed by atoms with Crippen LogP contribution in [-0.2, 0) is 4.79 Å². The van der Waals surface area contributed by atoms with Crippen LogP contribution in [0.3, 0.4) is 0 Å². The molecular weight excluding hydrogens is 256 g/mol. The highest BCUT2D eigenvalue weighted by Gasteiger charge is 2.29. The first-order valence-corrected chi connectivity index (χ1v) is 6.75. The molecule has 1 aliphatic rings. The van der Waals surface area contributed by atoms with E-state index in [1.54, 1.807) is 11.1 Å². The van der Waals surface area contributed by atoms with Crippen LogP contribution in [-0.4, -0.2) is 40.0 Å². The van der Waals surface area contributed by atoms with E-state index in [1.807, 2.05) is 24.3 Å². The molecule has 5 nitrogen and oxygen atoms in total. The molecule has 20 heavy (non-hydrogen) atoms. The van der Waals surface area contributed by atoms with Gasteiger partial charge in [-0.3, -0.25) is 9.59 Å². The highest BCUT2D eigenvalue weighted by molar-refractivity contribution is 6.06. The number of aliphatic carboxylic acids is 1. The van der Waals surface area contributed by atoms with Crippen molar-refractivity contribution in [3.63, 3.8) is 0 Å². The van der Waals surface area contributed by atoms with Crippen molar-refractivity contribution in [1.29, 1.82) is 0 Å². The van der Waals surface area contributed by atoms with Gasteiger partial charge in [0.15, 0.2) is 0 Å². The van der Waals surface area contributed by atoms with Crippen LogP contribution in [0.2, 0.25) is 0 Å². The van der Waals surface area contributed by atoms with Gasteiger partial charge in [-0.15, -0.1) is 0 Å². The van der Waals surface area contributed by atoms with E-state index in [4.69, 9.17) is 5.11 Å². The number of likely N-dealkylation sites (tertiary alicyclic amines) is 1. The van der Waals surface area contributed by atoms with Crippen molar-refractivity contribution in [2.75, 3.05) is 13.1 Å². The number of carbonyl (C=O) groups is 2. The predicted molar refractivity (Wildman–Crippen MR) is 74.6 cm³/mol. The summed E-state index contributed by atoms with van der Waals surface area (Å²) in [5.41, 5.74) is 1.54. The maximum atomic E-state index is 12.6. The average Bonchev–Trinajstić information content (AvgIpc) is 2.90. The standard InChI is InChI=1S/C15H16N2O3/c18-14(17-7-3-4-10(9-17)15(19)20)12-8-16-13-6-2-1-5-11(12)13/h1-2,5-6,8,10,16H,3-4,7,9H2,(H,19,20)/t10-/m1/s1. The third-order valence-electron chi connectivity index (χ3n) is 3.88. The Balaban J connectivity index is 1.87. The molecule has 1 fully saturated rings. The molecule has 5 heteroatoms. The molecule has 1 aliphatic heterocycles. The first kappa shape index (κ1) is 12.7. The maximum absolute atomic E-state index is 12.6. The van der Waals surface area contributed by atoms with Gasteiger partial charge in [0.25, 0.3) is 5.91 Å². The fourth-order valence-electron chi connectivity index (χ4n) is 2.78. The number of fused-ring (bicyclic) bond motifs is 1. The number of carbonyl (C=O) groups excluding carboxylic acids is 1. The molecule has 0 bridgehead atoms. The lowest BCUT2D eigenvalue weighted by Gasteiger charge is -2.30. The second-order valence-electron chi connectivity index (χ2n) is 5.18. The zero-order valence-electron chi connectivity index (χ0n) is 11.0. The number of nitrogens with one attached hydrogen (secondary N) is 1.